The lowest BCUT2D eigenvalue weighted by Crippen LogP contribution is -2.36. The second-order valence-corrected chi connectivity index (χ2v) is 7.30. The molecule has 1 saturated heterocycles. The van der Waals surface area contributed by atoms with Gasteiger partial charge in [0.15, 0.2) is 0 Å². The van der Waals surface area contributed by atoms with Crippen molar-refractivity contribution in [2.24, 2.45) is 5.10 Å². The highest BCUT2D eigenvalue weighted by Crippen LogP contribution is 2.35. The van der Waals surface area contributed by atoms with Crippen LogP contribution in [-0.2, 0) is 4.74 Å². The largest absolute Gasteiger partial charge is 0.378 e. The molecule has 1 aliphatic carbocycles. The maximum Gasteiger partial charge on any atom is 0.289 e. The number of nitrogens with zero attached hydrogens (tertiary/aromatic N) is 3. The number of aromatic amines is 1. The fourth-order valence-corrected chi connectivity index (χ4v) is 3.67. The van der Waals surface area contributed by atoms with Gasteiger partial charge in [-0.05, 0) is 53.8 Å². The van der Waals surface area contributed by atoms with Crippen molar-refractivity contribution in [3.05, 3.63) is 69.7 Å². The molecule has 7 nitrogen and oxygen atoms in total. The molecule has 150 valence electrons. The van der Waals surface area contributed by atoms with Crippen LogP contribution in [0.15, 0.2) is 58.5 Å². The maximum absolute atomic E-state index is 12.0. The first kappa shape index (κ1) is 19.4. The fourth-order valence-electron chi connectivity index (χ4n) is 3.54. The Morgan fingerprint density at radius 2 is 2.00 bits per heavy atom. The van der Waals surface area contributed by atoms with Crippen LogP contribution in [0.3, 0.4) is 0 Å². The Morgan fingerprint density at radius 3 is 2.72 bits per heavy atom. The van der Waals surface area contributed by atoms with E-state index in [4.69, 9.17) is 16.3 Å². The minimum Gasteiger partial charge on any atom is -0.378 e. The zero-order valence-electron chi connectivity index (χ0n) is 15.9. The Balaban J connectivity index is 1.58. The first-order chi connectivity index (χ1) is 14.2. The standard InChI is InChI=1S/C21H22ClN5O2/c22-18-5-1-15(2-6-18)13-16-3-4-17(20(16)27-9-11-29-12-10-27)14-24-26-21(28)19-7-8-23-25-19/h1-2,5-8,13-14H,3-4,9-12H2,(H,23,25)(H,26,28)/b16-13?,24-14-. The molecule has 1 aliphatic heterocycles. The zero-order chi connectivity index (χ0) is 20.1. The predicted molar refractivity (Wildman–Crippen MR) is 113 cm³/mol. The Kier molecular flexibility index (Phi) is 6.07. The van der Waals surface area contributed by atoms with E-state index in [1.165, 1.54) is 17.5 Å². The molecule has 2 heterocycles. The van der Waals surface area contributed by atoms with Gasteiger partial charge in [-0.1, -0.05) is 23.7 Å². The summed E-state index contributed by atoms with van der Waals surface area (Å²) >= 11 is 6.01. The minimum absolute atomic E-state index is 0.317. The van der Waals surface area contributed by atoms with E-state index >= 15 is 0 Å². The number of hydrogen-bond acceptors (Lipinski definition) is 5. The summed E-state index contributed by atoms with van der Waals surface area (Å²) in [6.07, 6.45) is 7.27. The third-order valence-corrected chi connectivity index (χ3v) is 5.19. The van der Waals surface area contributed by atoms with E-state index in [0.29, 0.717) is 18.9 Å². The molecule has 0 spiro atoms. The molecule has 0 unspecified atom stereocenters. The van der Waals surface area contributed by atoms with E-state index in [0.717, 1.165) is 42.1 Å². The van der Waals surface area contributed by atoms with Gasteiger partial charge in [0.25, 0.3) is 5.91 Å². The molecule has 29 heavy (non-hydrogen) atoms. The summed E-state index contributed by atoms with van der Waals surface area (Å²) in [5, 5.41) is 11.3. The van der Waals surface area contributed by atoms with Gasteiger partial charge in [0.1, 0.15) is 5.69 Å². The van der Waals surface area contributed by atoms with Gasteiger partial charge >= 0.3 is 0 Å². The molecule has 8 heteroatoms. The number of aromatic nitrogens is 2. The summed E-state index contributed by atoms with van der Waals surface area (Å²) < 4.78 is 5.52. The topological polar surface area (TPSA) is 82.6 Å². The molecular weight excluding hydrogens is 390 g/mol. The van der Waals surface area contributed by atoms with Gasteiger partial charge in [-0.3, -0.25) is 9.89 Å². The van der Waals surface area contributed by atoms with Crippen molar-refractivity contribution in [2.45, 2.75) is 12.8 Å². The SMILES string of the molecule is O=C(N/N=C\C1=C(N2CCOCC2)C(=Cc2ccc(Cl)cc2)CC1)c1ccn[nH]1. The van der Waals surface area contributed by atoms with E-state index in [9.17, 15) is 4.79 Å². The van der Waals surface area contributed by atoms with Crippen LogP contribution in [0.4, 0.5) is 0 Å². The van der Waals surface area contributed by atoms with Gasteiger partial charge in [0, 0.05) is 30.0 Å². The summed E-state index contributed by atoms with van der Waals surface area (Å²) in [5.74, 6) is -0.317. The van der Waals surface area contributed by atoms with Crippen LogP contribution in [0.25, 0.3) is 6.08 Å². The van der Waals surface area contributed by atoms with Crippen LogP contribution in [0, 0.1) is 0 Å². The molecule has 1 amide bonds. The number of rotatable bonds is 5. The number of morpholine rings is 1. The lowest BCUT2D eigenvalue weighted by molar-refractivity contribution is 0.0548. The van der Waals surface area contributed by atoms with Gasteiger partial charge in [0.05, 0.1) is 19.4 Å². The highest BCUT2D eigenvalue weighted by atomic mass is 35.5. The monoisotopic (exact) mass is 411 g/mol. The third-order valence-electron chi connectivity index (χ3n) is 4.94. The number of allylic oxidation sites excluding steroid dienone is 2. The second-order valence-electron chi connectivity index (χ2n) is 6.86. The van der Waals surface area contributed by atoms with Crippen molar-refractivity contribution in [1.82, 2.24) is 20.5 Å². The smallest absolute Gasteiger partial charge is 0.289 e. The number of halogens is 1. The number of hydrazone groups is 1. The molecule has 2 aromatic rings. The lowest BCUT2D eigenvalue weighted by atomic mass is 10.1. The van der Waals surface area contributed by atoms with Crippen molar-refractivity contribution in [3.8, 4) is 0 Å². The van der Waals surface area contributed by atoms with Crippen molar-refractivity contribution in [3.63, 3.8) is 0 Å². The number of nitrogens with one attached hydrogen (secondary N) is 2. The summed E-state index contributed by atoms with van der Waals surface area (Å²) in [5.41, 5.74) is 7.59. The minimum atomic E-state index is -0.317. The van der Waals surface area contributed by atoms with Crippen LogP contribution in [0.1, 0.15) is 28.9 Å². The first-order valence-electron chi connectivity index (χ1n) is 9.56. The van der Waals surface area contributed by atoms with Gasteiger partial charge in [0.2, 0.25) is 0 Å². The Labute approximate surface area is 174 Å². The highest BCUT2D eigenvalue weighted by Gasteiger charge is 2.25. The first-order valence-corrected chi connectivity index (χ1v) is 9.93. The molecule has 2 N–H and O–H groups in total. The predicted octanol–water partition coefficient (Wildman–Crippen LogP) is 3.24. The molecule has 1 aromatic carbocycles. The Hall–Kier alpha value is -2.90. The van der Waals surface area contributed by atoms with E-state index in [-0.39, 0.29) is 5.91 Å². The van der Waals surface area contributed by atoms with Crippen LogP contribution >= 0.6 is 11.6 Å². The number of benzene rings is 1. The van der Waals surface area contributed by atoms with Crippen LogP contribution in [0.5, 0.6) is 0 Å². The van der Waals surface area contributed by atoms with E-state index in [1.807, 2.05) is 24.3 Å². The quantitative estimate of drug-likeness (QED) is 0.584. The second kappa shape index (κ2) is 9.07. The number of H-pyrrole nitrogens is 1. The summed E-state index contributed by atoms with van der Waals surface area (Å²) in [6.45, 7) is 3.09. The number of amides is 1. The molecule has 4 rings (SSSR count). The molecule has 0 radical (unpaired) electrons. The average Bonchev–Trinajstić information content (AvgIpc) is 3.41. The van der Waals surface area contributed by atoms with E-state index in [2.05, 4.69) is 31.7 Å². The number of ether oxygens (including phenoxy) is 1. The average molecular weight is 412 g/mol. The Bertz CT molecular complexity index is 942. The molecule has 0 atom stereocenters. The normalized spacial score (nSPS) is 18.8. The van der Waals surface area contributed by atoms with Crippen LogP contribution in [0.2, 0.25) is 5.02 Å². The van der Waals surface area contributed by atoms with E-state index < -0.39 is 0 Å². The Morgan fingerprint density at radius 1 is 1.21 bits per heavy atom. The van der Waals surface area contributed by atoms with Gasteiger partial charge < -0.3 is 9.64 Å². The molecule has 0 bridgehead atoms. The van der Waals surface area contributed by atoms with Crippen molar-refractivity contribution in [1.29, 1.82) is 0 Å². The van der Waals surface area contributed by atoms with Gasteiger partial charge in [-0.15, -0.1) is 0 Å². The summed E-state index contributed by atoms with van der Waals surface area (Å²) in [7, 11) is 0. The third kappa shape index (κ3) is 4.75. The van der Waals surface area contributed by atoms with Crippen LogP contribution < -0.4 is 5.43 Å². The van der Waals surface area contributed by atoms with Gasteiger partial charge in [-0.25, -0.2) is 5.43 Å². The zero-order valence-corrected chi connectivity index (χ0v) is 16.7. The highest BCUT2D eigenvalue weighted by molar-refractivity contribution is 6.30. The van der Waals surface area contributed by atoms with Crippen LogP contribution in [-0.4, -0.2) is 53.5 Å². The molecule has 1 aromatic heterocycles. The summed E-state index contributed by atoms with van der Waals surface area (Å²) in [6, 6.07) is 9.43. The molecular formula is C21H22ClN5O2. The number of carbonyl (C=O) groups excluding carboxylic acids is 1. The van der Waals surface area contributed by atoms with Crippen molar-refractivity contribution < 1.29 is 9.53 Å². The number of carbonyl (C=O) groups is 1. The van der Waals surface area contributed by atoms with E-state index in [1.54, 1.807) is 12.3 Å². The summed E-state index contributed by atoms with van der Waals surface area (Å²) in [4.78, 5) is 14.4. The van der Waals surface area contributed by atoms with Crippen molar-refractivity contribution in [2.75, 3.05) is 26.3 Å². The number of hydrogen-bond donors (Lipinski definition) is 2. The molecule has 0 saturated carbocycles. The lowest BCUT2D eigenvalue weighted by Gasteiger charge is -2.31. The molecule has 2 aliphatic rings. The van der Waals surface area contributed by atoms with Gasteiger partial charge in [-0.2, -0.15) is 10.2 Å². The van der Waals surface area contributed by atoms with Crippen molar-refractivity contribution >= 4 is 29.8 Å². The fraction of sp³-hybridized carbons (Fsp3) is 0.286. The molecule has 1 fully saturated rings. The maximum atomic E-state index is 12.0.